The fourth-order valence-electron chi connectivity index (χ4n) is 2.71. The van der Waals surface area contributed by atoms with E-state index in [1.54, 1.807) is 37.8 Å². The van der Waals surface area contributed by atoms with Crippen LogP contribution >= 0.6 is 0 Å². The smallest absolute Gasteiger partial charge is 0.410 e. The van der Waals surface area contributed by atoms with Crippen LogP contribution in [0.25, 0.3) is 0 Å². The van der Waals surface area contributed by atoms with Gasteiger partial charge in [-0.15, -0.1) is 0 Å². The third kappa shape index (κ3) is 5.72. The van der Waals surface area contributed by atoms with E-state index in [0.717, 1.165) is 12.7 Å². The maximum atomic E-state index is 12.5. The van der Waals surface area contributed by atoms with Crippen LogP contribution in [0.1, 0.15) is 33.6 Å². The van der Waals surface area contributed by atoms with E-state index in [9.17, 15) is 18.0 Å². The molecule has 2 amide bonds. The van der Waals surface area contributed by atoms with Crippen molar-refractivity contribution in [1.29, 1.82) is 0 Å². The summed E-state index contributed by atoms with van der Waals surface area (Å²) < 4.78 is 28.3. The molecule has 0 aromatic heterocycles. The lowest BCUT2D eigenvalue weighted by Gasteiger charge is -2.33. The van der Waals surface area contributed by atoms with Gasteiger partial charge in [0.2, 0.25) is 5.91 Å². The van der Waals surface area contributed by atoms with Gasteiger partial charge < -0.3 is 15.0 Å². The molecule has 0 spiro atoms. The first-order chi connectivity index (χ1) is 12.0. The molecular formula is C18H26N2O5S. The molecule has 144 valence electrons. The molecular weight excluding hydrogens is 356 g/mol. The summed E-state index contributed by atoms with van der Waals surface area (Å²) in [6.07, 6.45) is 2.14. The quantitative estimate of drug-likeness (QED) is 0.868. The molecule has 8 heteroatoms. The van der Waals surface area contributed by atoms with Crippen LogP contribution in [0.4, 0.5) is 10.5 Å². The molecule has 1 heterocycles. The molecule has 0 unspecified atom stereocenters. The van der Waals surface area contributed by atoms with Crippen molar-refractivity contribution >= 4 is 27.5 Å². The van der Waals surface area contributed by atoms with Gasteiger partial charge in [-0.1, -0.05) is 0 Å². The molecule has 1 saturated heterocycles. The monoisotopic (exact) mass is 382 g/mol. The van der Waals surface area contributed by atoms with E-state index in [4.69, 9.17) is 4.74 Å². The third-order valence-electron chi connectivity index (χ3n) is 3.99. The zero-order valence-electron chi connectivity index (χ0n) is 15.6. The van der Waals surface area contributed by atoms with Gasteiger partial charge in [-0.2, -0.15) is 0 Å². The molecule has 1 aliphatic heterocycles. The van der Waals surface area contributed by atoms with E-state index in [2.05, 4.69) is 5.32 Å². The Bertz CT molecular complexity index is 766. The molecule has 0 radical (unpaired) electrons. The second-order valence-electron chi connectivity index (χ2n) is 7.55. The molecule has 1 aliphatic rings. The number of carbonyl (C=O) groups excluding carboxylic acids is 2. The summed E-state index contributed by atoms with van der Waals surface area (Å²) in [6.45, 7) is 6.29. The first-order valence-corrected chi connectivity index (χ1v) is 10.4. The van der Waals surface area contributed by atoms with E-state index in [-0.39, 0.29) is 16.7 Å². The zero-order chi connectivity index (χ0) is 19.5. The Labute approximate surface area is 154 Å². The van der Waals surface area contributed by atoms with Crippen LogP contribution in [0.5, 0.6) is 0 Å². The largest absolute Gasteiger partial charge is 0.444 e. The average Bonchev–Trinajstić information content (AvgIpc) is 2.53. The Hall–Kier alpha value is -2.09. The molecule has 7 nitrogen and oxygen atoms in total. The fourth-order valence-corrected chi connectivity index (χ4v) is 3.34. The average molecular weight is 382 g/mol. The maximum Gasteiger partial charge on any atom is 0.410 e. The highest BCUT2D eigenvalue weighted by Gasteiger charge is 2.31. The Morgan fingerprint density at radius 2 is 1.81 bits per heavy atom. The van der Waals surface area contributed by atoms with E-state index < -0.39 is 21.5 Å². The fraction of sp³-hybridized carbons (Fsp3) is 0.556. The number of sulfone groups is 1. The first-order valence-electron chi connectivity index (χ1n) is 8.54. The van der Waals surface area contributed by atoms with Crippen molar-refractivity contribution in [1.82, 2.24) is 4.90 Å². The minimum Gasteiger partial charge on any atom is -0.444 e. The van der Waals surface area contributed by atoms with Gasteiger partial charge in [0.05, 0.1) is 10.8 Å². The van der Waals surface area contributed by atoms with Crippen LogP contribution in [0.3, 0.4) is 0 Å². The van der Waals surface area contributed by atoms with Crippen LogP contribution in [0, 0.1) is 5.92 Å². The number of hydrogen-bond donors (Lipinski definition) is 1. The lowest BCUT2D eigenvalue weighted by Crippen LogP contribution is -2.45. The van der Waals surface area contributed by atoms with Crippen molar-refractivity contribution in [3.05, 3.63) is 24.3 Å². The standard InChI is InChI=1S/C18H26N2O5S/c1-18(2,3)25-17(22)20-11-5-6-13(12-20)16(21)19-14-7-9-15(10-8-14)26(4,23)24/h7-10,13H,5-6,11-12H2,1-4H3,(H,19,21)/t13-/m0/s1. The van der Waals surface area contributed by atoms with Gasteiger partial charge in [-0.05, 0) is 57.9 Å². The number of nitrogens with one attached hydrogen (secondary N) is 1. The van der Waals surface area contributed by atoms with Gasteiger partial charge in [0.15, 0.2) is 9.84 Å². The number of carbonyl (C=O) groups is 2. The summed E-state index contributed by atoms with van der Waals surface area (Å²) in [6, 6.07) is 6.03. The molecule has 26 heavy (non-hydrogen) atoms. The lowest BCUT2D eigenvalue weighted by molar-refractivity contribution is -0.121. The normalized spacial score (nSPS) is 18.3. The molecule has 0 saturated carbocycles. The molecule has 0 bridgehead atoms. The van der Waals surface area contributed by atoms with E-state index in [0.29, 0.717) is 25.2 Å². The van der Waals surface area contributed by atoms with Crippen molar-refractivity contribution in [3.63, 3.8) is 0 Å². The van der Waals surface area contributed by atoms with Gasteiger partial charge >= 0.3 is 6.09 Å². The van der Waals surface area contributed by atoms with Crippen LogP contribution in [-0.4, -0.2) is 50.3 Å². The summed E-state index contributed by atoms with van der Waals surface area (Å²) in [5.41, 5.74) is -0.0509. The molecule has 1 aromatic carbocycles. The molecule has 1 N–H and O–H groups in total. The maximum absolute atomic E-state index is 12.5. The number of likely N-dealkylation sites (tertiary alicyclic amines) is 1. The van der Waals surface area contributed by atoms with E-state index >= 15 is 0 Å². The van der Waals surface area contributed by atoms with Crippen molar-refractivity contribution in [3.8, 4) is 0 Å². The Morgan fingerprint density at radius 1 is 1.19 bits per heavy atom. The highest BCUT2D eigenvalue weighted by Crippen LogP contribution is 2.21. The van der Waals surface area contributed by atoms with Gasteiger partial charge in [-0.25, -0.2) is 13.2 Å². The molecule has 1 aromatic rings. The molecule has 2 rings (SSSR count). The highest BCUT2D eigenvalue weighted by molar-refractivity contribution is 7.90. The van der Waals surface area contributed by atoms with Crippen molar-refractivity contribution in [2.24, 2.45) is 5.92 Å². The summed E-state index contributed by atoms with van der Waals surface area (Å²) in [5, 5.41) is 2.79. The number of hydrogen-bond acceptors (Lipinski definition) is 5. The number of amides is 2. The molecule has 1 atom stereocenters. The number of piperidine rings is 1. The van der Waals surface area contributed by atoms with Crippen LogP contribution < -0.4 is 5.32 Å². The lowest BCUT2D eigenvalue weighted by atomic mass is 9.97. The van der Waals surface area contributed by atoms with Crippen molar-refractivity contribution in [2.75, 3.05) is 24.7 Å². The number of benzene rings is 1. The molecule has 1 fully saturated rings. The first kappa shape index (κ1) is 20.2. The number of nitrogens with zero attached hydrogens (tertiary/aromatic N) is 1. The topological polar surface area (TPSA) is 92.8 Å². The summed E-state index contributed by atoms with van der Waals surface area (Å²) in [4.78, 5) is 26.4. The van der Waals surface area contributed by atoms with Crippen LogP contribution in [0.15, 0.2) is 29.2 Å². The van der Waals surface area contributed by atoms with Gasteiger partial charge in [0.1, 0.15) is 5.60 Å². The van der Waals surface area contributed by atoms with Gasteiger partial charge in [0, 0.05) is 25.0 Å². The second-order valence-corrected chi connectivity index (χ2v) is 9.57. The van der Waals surface area contributed by atoms with Gasteiger partial charge in [0.25, 0.3) is 0 Å². The van der Waals surface area contributed by atoms with Crippen molar-refractivity contribution in [2.45, 2.75) is 44.1 Å². The van der Waals surface area contributed by atoms with E-state index in [1.807, 2.05) is 0 Å². The number of ether oxygens (including phenoxy) is 1. The van der Waals surface area contributed by atoms with E-state index in [1.165, 1.54) is 12.1 Å². The number of rotatable bonds is 3. The molecule has 0 aliphatic carbocycles. The summed E-state index contributed by atoms with van der Waals surface area (Å²) in [7, 11) is -3.27. The van der Waals surface area contributed by atoms with Crippen LogP contribution in [-0.2, 0) is 19.4 Å². The van der Waals surface area contributed by atoms with Gasteiger partial charge in [-0.3, -0.25) is 4.79 Å². The Kier molecular flexibility index (Phi) is 5.95. The highest BCUT2D eigenvalue weighted by atomic mass is 32.2. The van der Waals surface area contributed by atoms with Crippen molar-refractivity contribution < 1.29 is 22.7 Å². The zero-order valence-corrected chi connectivity index (χ0v) is 16.4. The minimum atomic E-state index is -3.27. The van der Waals surface area contributed by atoms with Crippen LogP contribution in [0.2, 0.25) is 0 Å². The SMILES string of the molecule is CC(C)(C)OC(=O)N1CCC[C@H](C(=O)Nc2ccc(S(C)(=O)=O)cc2)C1. The Balaban J connectivity index is 1.97. The second kappa shape index (κ2) is 7.65. The predicted octanol–water partition coefficient (Wildman–Crippen LogP) is 2.68. The predicted molar refractivity (Wildman–Crippen MR) is 98.7 cm³/mol. The summed E-state index contributed by atoms with van der Waals surface area (Å²) in [5.74, 6) is -0.517. The Morgan fingerprint density at radius 3 is 2.35 bits per heavy atom. The third-order valence-corrected chi connectivity index (χ3v) is 5.12. The minimum absolute atomic E-state index is 0.189. The number of anilines is 1. The summed E-state index contributed by atoms with van der Waals surface area (Å²) >= 11 is 0.